The van der Waals surface area contributed by atoms with Gasteiger partial charge in [0.2, 0.25) is 5.78 Å². The van der Waals surface area contributed by atoms with Crippen molar-refractivity contribution in [2.75, 3.05) is 19.8 Å². The summed E-state index contributed by atoms with van der Waals surface area (Å²) in [5, 5.41) is 0. The Labute approximate surface area is 212 Å². The normalized spacial score (nSPS) is 15.2. The second-order valence-electron chi connectivity index (χ2n) is 7.80. The summed E-state index contributed by atoms with van der Waals surface area (Å²) in [4.78, 5) is 13.2. The topological polar surface area (TPSA) is 89.5 Å². The van der Waals surface area contributed by atoms with Gasteiger partial charge in [0.1, 0.15) is 6.10 Å². The quantitative estimate of drug-likeness (QED) is 0.182. The van der Waals surface area contributed by atoms with Crippen LogP contribution in [0.1, 0.15) is 38.8 Å². The molecule has 0 aliphatic carbocycles. The smallest absolute Gasteiger partial charge is 0.353 e. The van der Waals surface area contributed by atoms with Crippen LogP contribution in [-0.2, 0) is 50.6 Å². The highest BCUT2D eigenvalue weighted by atomic mass is 31.2. The lowest BCUT2D eigenvalue weighted by Crippen LogP contribution is -2.40. The monoisotopic (exact) mass is 526 g/mol. The Hall–Kier alpha value is -1.97. The Bertz CT molecular complexity index is 883. The van der Waals surface area contributed by atoms with Crippen LogP contribution in [0.15, 0.2) is 60.7 Å². The summed E-state index contributed by atoms with van der Waals surface area (Å²) < 4.78 is 62.1. The molecular formula is C26H36FO8P. The molecule has 2 aromatic carbocycles. The summed E-state index contributed by atoms with van der Waals surface area (Å²) in [6.07, 6.45) is -2.93. The zero-order chi connectivity index (χ0) is 26.4. The van der Waals surface area contributed by atoms with Crippen LogP contribution in [0.2, 0.25) is 0 Å². The van der Waals surface area contributed by atoms with Gasteiger partial charge in [-0.15, -0.1) is 0 Å². The fraction of sp³-hybridized carbons (Fsp3) is 0.500. The van der Waals surface area contributed by atoms with E-state index in [4.69, 9.17) is 28.0 Å². The number of Topliss-reactive ketones (excluding diaryl/α,β-unsaturated/α-hetero) is 1. The molecule has 0 amide bonds. The van der Waals surface area contributed by atoms with Crippen LogP contribution in [0.5, 0.6) is 0 Å². The van der Waals surface area contributed by atoms with E-state index in [-0.39, 0.29) is 19.8 Å². The van der Waals surface area contributed by atoms with Crippen molar-refractivity contribution in [2.45, 2.75) is 65.5 Å². The van der Waals surface area contributed by atoms with E-state index in [0.29, 0.717) is 24.3 Å². The molecule has 0 saturated heterocycles. The molecule has 4 unspecified atom stereocenters. The Morgan fingerprint density at radius 2 is 1.28 bits per heavy atom. The highest BCUT2D eigenvalue weighted by Gasteiger charge is 2.46. The summed E-state index contributed by atoms with van der Waals surface area (Å²) >= 11 is 0. The Balaban J connectivity index is 2.22. The lowest BCUT2D eigenvalue weighted by atomic mass is 10.2. The molecule has 36 heavy (non-hydrogen) atoms. The number of ether oxygens (including phenoxy) is 4. The molecular weight excluding hydrogens is 490 g/mol. The standard InChI is InChI=1S/C26H36FO8P/c1-5-30-20(3)32-19-24(35-21(4)31-6-2)25(28)26(27)36(29,33-17-22-13-9-7-10-14-22)34-18-23-15-11-8-12-16-23/h7-16,20-21,24,26H,5-6,17-19H2,1-4H3. The van der Waals surface area contributed by atoms with Gasteiger partial charge in [0.05, 0.1) is 19.8 Å². The van der Waals surface area contributed by atoms with Crippen LogP contribution in [0.25, 0.3) is 0 Å². The molecule has 200 valence electrons. The van der Waals surface area contributed by atoms with Gasteiger partial charge in [0.15, 0.2) is 12.6 Å². The van der Waals surface area contributed by atoms with Crippen LogP contribution in [0, 0.1) is 0 Å². The SMILES string of the molecule is CCOC(C)OCC(OC(C)OCC)C(=O)C(F)P(=O)(OCc1ccccc1)OCc1ccccc1. The Morgan fingerprint density at radius 1 is 0.806 bits per heavy atom. The maximum absolute atomic E-state index is 15.7. The van der Waals surface area contributed by atoms with Crippen LogP contribution < -0.4 is 0 Å². The summed E-state index contributed by atoms with van der Waals surface area (Å²) in [5.74, 6) is -3.75. The van der Waals surface area contributed by atoms with Gasteiger partial charge in [-0.05, 0) is 38.8 Å². The maximum Gasteiger partial charge on any atom is 0.372 e. The third-order valence-corrected chi connectivity index (χ3v) is 6.77. The largest absolute Gasteiger partial charge is 0.372 e. The second kappa shape index (κ2) is 16.0. The number of carbonyl (C=O) groups excluding carboxylic acids is 1. The Kier molecular flexibility index (Phi) is 13.4. The number of alkyl halides is 1. The number of hydrogen-bond donors (Lipinski definition) is 0. The molecule has 8 nitrogen and oxygen atoms in total. The van der Waals surface area contributed by atoms with Crippen LogP contribution in [0.4, 0.5) is 4.39 Å². The van der Waals surface area contributed by atoms with E-state index in [9.17, 15) is 9.36 Å². The van der Waals surface area contributed by atoms with E-state index in [2.05, 4.69) is 0 Å². The molecule has 0 aliphatic rings. The lowest BCUT2D eigenvalue weighted by Gasteiger charge is -2.27. The van der Waals surface area contributed by atoms with Crippen molar-refractivity contribution >= 4 is 13.4 Å². The van der Waals surface area contributed by atoms with Crippen molar-refractivity contribution in [1.29, 1.82) is 0 Å². The minimum atomic E-state index is -4.59. The van der Waals surface area contributed by atoms with E-state index in [0.717, 1.165) is 0 Å². The van der Waals surface area contributed by atoms with Gasteiger partial charge in [-0.2, -0.15) is 0 Å². The summed E-state index contributed by atoms with van der Waals surface area (Å²) in [5.41, 5.74) is 1.29. The first-order valence-corrected chi connectivity index (χ1v) is 13.5. The van der Waals surface area contributed by atoms with E-state index in [1.807, 2.05) is 0 Å². The molecule has 0 spiro atoms. The highest BCUT2D eigenvalue weighted by molar-refractivity contribution is 7.55. The van der Waals surface area contributed by atoms with Crippen LogP contribution in [-0.4, -0.2) is 50.2 Å². The Morgan fingerprint density at radius 3 is 1.75 bits per heavy atom. The molecule has 2 aromatic rings. The maximum atomic E-state index is 15.7. The zero-order valence-corrected chi connectivity index (χ0v) is 22.1. The minimum absolute atomic E-state index is 0.209. The summed E-state index contributed by atoms with van der Waals surface area (Å²) in [7, 11) is -4.59. The van der Waals surface area contributed by atoms with Crippen molar-refractivity contribution in [1.82, 2.24) is 0 Å². The molecule has 0 N–H and O–H groups in total. The number of hydrogen-bond acceptors (Lipinski definition) is 8. The van der Waals surface area contributed by atoms with Crippen LogP contribution in [0.3, 0.4) is 0 Å². The molecule has 10 heteroatoms. The predicted octanol–water partition coefficient (Wildman–Crippen LogP) is 5.64. The van der Waals surface area contributed by atoms with Crippen molar-refractivity contribution < 1.29 is 41.7 Å². The number of halogens is 1. The average Bonchev–Trinajstić information content (AvgIpc) is 2.89. The third-order valence-electron chi connectivity index (χ3n) is 4.98. The van der Waals surface area contributed by atoms with Gasteiger partial charge < -0.3 is 28.0 Å². The van der Waals surface area contributed by atoms with Crippen LogP contribution >= 0.6 is 7.60 Å². The molecule has 0 bridgehead atoms. The summed E-state index contributed by atoms with van der Waals surface area (Å²) in [6, 6.07) is 17.6. The fourth-order valence-corrected chi connectivity index (χ4v) is 4.63. The van der Waals surface area contributed by atoms with Crippen molar-refractivity contribution in [3.63, 3.8) is 0 Å². The molecule has 0 heterocycles. The molecule has 0 saturated carbocycles. The fourth-order valence-electron chi connectivity index (χ4n) is 3.15. The molecule has 4 atom stereocenters. The number of carbonyl (C=O) groups is 1. The first-order valence-electron chi connectivity index (χ1n) is 11.9. The van der Waals surface area contributed by atoms with Crippen molar-refractivity contribution in [2.24, 2.45) is 0 Å². The second-order valence-corrected chi connectivity index (χ2v) is 9.85. The number of ketones is 1. The van der Waals surface area contributed by atoms with Crippen molar-refractivity contribution in [3.05, 3.63) is 71.8 Å². The third kappa shape index (κ3) is 10.2. The van der Waals surface area contributed by atoms with Gasteiger partial charge in [0, 0.05) is 13.2 Å². The number of benzene rings is 2. The predicted molar refractivity (Wildman–Crippen MR) is 133 cm³/mol. The average molecular weight is 527 g/mol. The van der Waals surface area contributed by atoms with E-state index < -0.39 is 38.0 Å². The first-order chi connectivity index (χ1) is 17.3. The van der Waals surface area contributed by atoms with Crippen molar-refractivity contribution in [3.8, 4) is 0 Å². The van der Waals surface area contributed by atoms with Gasteiger partial charge in [-0.3, -0.25) is 9.36 Å². The first kappa shape index (κ1) is 30.3. The number of rotatable bonds is 18. The van der Waals surface area contributed by atoms with E-state index >= 15 is 4.39 Å². The molecule has 0 aliphatic heterocycles. The molecule has 0 aromatic heterocycles. The zero-order valence-electron chi connectivity index (χ0n) is 21.2. The van der Waals surface area contributed by atoms with Gasteiger partial charge in [0.25, 0.3) is 5.91 Å². The lowest BCUT2D eigenvalue weighted by molar-refractivity contribution is -0.199. The van der Waals surface area contributed by atoms with E-state index in [1.165, 1.54) is 0 Å². The minimum Gasteiger partial charge on any atom is -0.353 e. The van der Waals surface area contributed by atoms with Gasteiger partial charge >= 0.3 is 7.60 Å². The molecule has 0 fully saturated rings. The molecule has 0 radical (unpaired) electrons. The summed E-state index contributed by atoms with van der Waals surface area (Å²) in [6.45, 7) is 6.70. The molecule has 2 rings (SSSR count). The highest BCUT2D eigenvalue weighted by Crippen LogP contribution is 2.55. The van der Waals surface area contributed by atoms with Gasteiger partial charge in [-0.25, -0.2) is 4.39 Å². The van der Waals surface area contributed by atoms with Gasteiger partial charge in [-0.1, -0.05) is 60.7 Å². The van der Waals surface area contributed by atoms with E-state index in [1.54, 1.807) is 88.4 Å².